The highest BCUT2D eigenvalue weighted by atomic mass is 16.3. The van der Waals surface area contributed by atoms with Gasteiger partial charge < -0.3 is 5.11 Å². The maximum absolute atomic E-state index is 9.28. The van der Waals surface area contributed by atoms with Crippen LogP contribution in [0.25, 0.3) is 6.08 Å². The van der Waals surface area contributed by atoms with Gasteiger partial charge in [-0.3, -0.25) is 4.68 Å². The summed E-state index contributed by atoms with van der Waals surface area (Å²) in [5.41, 5.74) is 3.01. The maximum Gasteiger partial charge on any atom is 0.0722 e. The molecule has 3 heteroatoms. The number of aliphatic hydroxyl groups is 1. The van der Waals surface area contributed by atoms with Crippen LogP contribution in [0.3, 0.4) is 0 Å². The largest absolute Gasteiger partial charge is 0.389 e. The van der Waals surface area contributed by atoms with Crippen LogP contribution >= 0.6 is 0 Å². The summed E-state index contributed by atoms with van der Waals surface area (Å²) in [5.74, 6) is 0. The molecule has 3 nitrogen and oxygen atoms in total. The third kappa shape index (κ3) is 2.42. The van der Waals surface area contributed by atoms with Crippen molar-refractivity contribution in [3.63, 3.8) is 0 Å². The van der Waals surface area contributed by atoms with E-state index < -0.39 is 0 Å². The first kappa shape index (κ1) is 9.99. The van der Waals surface area contributed by atoms with Crippen LogP contribution in [0.5, 0.6) is 0 Å². The number of nitrogens with zero attached hydrogens (tertiary/aromatic N) is 2. The van der Waals surface area contributed by atoms with Gasteiger partial charge in [-0.25, -0.2) is 0 Å². The molecule has 0 saturated carbocycles. The van der Waals surface area contributed by atoms with Gasteiger partial charge in [-0.2, -0.15) is 5.10 Å². The first-order chi connectivity index (χ1) is 6.00. The highest BCUT2D eigenvalue weighted by Gasteiger charge is 2.02. The van der Waals surface area contributed by atoms with Crippen molar-refractivity contribution >= 4 is 6.08 Å². The van der Waals surface area contributed by atoms with Crippen molar-refractivity contribution in [2.24, 2.45) is 7.05 Å². The number of rotatable bonds is 2. The van der Waals surface area contributed by atoms with Crippen LogP contribution in [0.2, 0.25) is 0 Å². The summed E-state index contributed by atoms with van der Waals surface area (Å²) in [6.07, 6.45) is 3.52. The van der Waals surface area contributed by atoms with Crippen molar-refractivity contribution in [1.82, 2.24) is 9.78 Å². The SMILES string of the molecule is CC(=Cc1cn(C)nc1C)C(C)O. The third-order valence-electron chi connectivity index (χ3n) is 2.09. The fourth-order valence-electron chi connectivity index (χ4n) is 1.13. The zero-order valence-electron chi connectivity index (χ0n) is 8.57. The van der Waals surface area contributed by atoms with Crippen LogP contribution < -0.4 is 0 Å². The van der Waals surface area contributed by atoms with E-state index in [4.69, 9.17) is 0 Å². The van der Waals surface area contributed by atoms with E-state index in [9.17, 15) is 5.11 Å². The second kappa shape index (κ2) is 3.75. The van der Waals surface area contributed by atoms with E-state index in [1.54, 1.807) is 11.6 Å². The number of aryl methyl sites for hydroxylation is 2. The van der Waals surface area contributed by atoms with Crippen LogP contribution in [-0.4, -0.2) is 21.0 Å². The van der Waals surface area contributed by atoms with Gasteiger partial charge in [0.15, 0.2) is 0 Å². The Kier molecular flexibility index (Phi) is 2.88. The van der Waals surface area contributed by atoms with Gasteiger partial charge >= 0.3 is 0 Å². The van der Waals surface area contributed by atoms with Crippen molar-refractivity contribution < 1.29 is 5.11 Å². The van der Waals surface area contributed by atoms with E-state index in [1.165, 1.54) is 0 Å². The van der Waals surface area contributed by atoms with E-state index in [-0.39, 0.29) is 6.10 Å². The van der Waals surface area contributed by atoms with E-state index in [0.717, 1.165) is 16.8 Å². The Bertz CT molecular complexity index is 324. The second-order valence-electron chi connectivity index (χ2n) is 3.41. The quantitative estimate of drug-likeness (QED) is 0.749. The van der Waals surface area contributed by atoms with E-state index >= 15 is 0 Å². The summed E-state index contributed by atoms with van der Waals surface area (Å²) in [6, 6.07) is 0. The summed E-state index contributed by atoms with van der Waals surface area (Å²) >= 11 is 0. The molecule has 1 N–H and O–H groups in total. The number of hydrogen-bond donors (Lipinski definition) is 1. The maximum atomic E-state index is 9.28. The van der Waals surface area contributed by atoms with Gasteiger partial charge in [0.2, 0.25) is 0 Å². The van der Waals surface area contributed by atoms with Crippen molar-refractivity contribution in [1.29, 1.82) is 0 Å². The molecule has 0 saturated heterocycles. The molecule has 1 aromatic rings. The predicted octanol–water partition coefficient (Wildman–Crippen LogP) is 1.51. The molecule has 1 unspecified atom stereocenters. The first-order valence-electron chi connectivity index (χ1n) is 4.37. The molecule has 1 atom stereocenters. The Labute approximate surface area is 78.7 Å². The summed E-state index contributed by atoms with van der Waals surface area (Å²) in [4.78, 5) is 0. The molecule has 0 radical (unpaired) electrons. The highest BCUT2D eigenvalue weighted by molar-refractivity contribution is 5.54. The number of hydrogen-bond acceptors (Lipinski definition) is 2. The Morgan fingerprint density at radius 2 is 2.31 bits per heavy atom. The van der Waals surface area contributed by atoms with Crippen LogP contribution in [0.4, 0.5) is 0 Å². The first-order valence-corrected chi connectivity index (χ1v) is 4.37. The van der Waals surface area contributed by atoms with E-state index in [2.05, 4.69) is 5.10 Å². The van der Waals surface area contributed by atoms with Crippen LogP contribution in [0, 0.1) is 6.92 Å². The summed E-state index contributed by atoms with van der Waals surface area (Å²) in [7, 11) is 1.89. The topological polar surface area (TPSA) is 38.0 Å². The molecule has 0 aliphatic heterocycles. The van der Waals surface area contributed by atoms with E-state index in [1.807, 2.05) is 33.2 Å². The van der Waals surface area contributed by atoms with Crippen molar-refractivity contribution in [2.45, 2.75) is 26.9 Å². The molecule has 0 spiro atoms. The van der Waals surface area contributed by atoms with Gasteiger partial charge in [0.05, 0.1) is 11.8 Å². The smallest absolute Gasteiger partial charge is 0.0722 e. The number of aromatic nitrogens is 2. The molecular weight excluding hydrogens is 164 g/mol. The standard InChI is InChI=1S/C10H16N2O/c1-7(9(3)13)5-10-6-12(4)11-8(10)2/h5-6,9,13H,1-4H3. The normalized spacial score (nSPS) is 14.7. The predicted molar refractivity (Wildman–Crippen MR) is 53.3 cm³/mol. The Morgan fingerprint density at radius 3 is 2.69 bits per heavy atom. The zero-order chi connectivity index (χ0) is 10.0. The van der Waals surface area contributed by atoms with Crippen LogP contribution in [0.1, 0.15) is 25.1 Å². The van der Waals surface area contributed by atoms with Crippen molar-refractivity contribution in [2.75, 3.05) is 0 Å². The lowest BCUT2D eigenvalue weighted by Crippen LogP contribution is -2.00. The Morgan fingerprint density at radius 1 is 1.69 bits per heavy atom. The fourth-order valence-corrected chi connectivity index (χ4v) is 1.13. The van der Waals surface area contributed by atoms with Gasteiger partial charge in [0.25, 0.3) is 0 Å². The van der Waals surface area contributed by atoms with Gasteiger partial charge in [-0.1, -0.05) is 6.08 Å². The average Bonchev–Trinajstić information content (AvgIpc) is 2.30. The minimum absolute atomic E-state index is 0.389. The molecule has 0 aromatic carbocycles. The molecule has 1 aromatic heterocycles. The molecule has 72 valence electrons. The molecular formula is C10H16N2O. The van der Waals surface area contributed by atoms with Gasteiger partial charge in [0, 0.05) is 18.8 Å². The van der Waals surface area contributed by atoms with Crippen LogP contribution in [0.15, 0.2) is 11.8 Å². The molecule has 13 heavy (non-hydrogen) atoms. The summed E-state index contributed by atoms with van der Waals surface area (Å²) in [5, 5.41) is 13.5. The van der Waals surface area contributed by atoms with Gasteiger partial charge in [-0.15, -0.1) is 0 Å². The number of aliphatic hydroxyl groups excluding tert-OH is 1. The van der Waals surface area contributed by atoms with Gasteiger partial charge in [0.1, 0.15) is 0 Å². The molecule has 0 amide bonds. The fraction of sp³-hybridized carbons (Fsp3) is 0.500. The minimum Gasteiger partial charge on any atom is -0.389 e. The Hall–Kier alpha value is -1.09. The van der Waals surface area contributed by atoms with E-state index in [0.29, 0.717) is 0 Å². The summed E-state index contributed by atoms with van der Waals surface area (Å²) in [6.45, 7) is 5.63. The molecule has 0 bridgehead atoms. The average molecular weight is 180 g/mol. The van der Waals surface area contributed by atoms with Crippen molar-refractivity contribution in [3.8, 4) is 0 Å². The monoisotopic (exact) mass is 180 g/mol. The molecule has 1 heterocycles. The lowest BCUT2D eigenvalue weighted by molar-refractivity contribution is 0.232. The molecule has 0 fully saturated rings. The lowest BCUT2D eigenvalue weighted by atomic mass is 10.1. The zero-order valence-corrected chi connectivity index (χ0v) is 8.57. The highest BCUT2D eigenvalue weighted by Crippen LogP contribution is 2.12. The second-order valence-corrected chi connectivity index (χ2v) is 3.41. The molecule has 0 aliphatic carbocycles. The minimum atomic E-state index is -0.389. The Balaban J connectivity index is 2.96. The third-order valence-corrected chi connectivity index (χ3v) is 2.09. The molecule has 0 aliphatic rings. The van der Waals surface area contributed by atoms with Crippen molar-refractivity contribution in [3.05, 3.63) is 23.0 Å². The lowest BCUT2D eigenvalue weighted by Gasteiger charge is -2.02. The van der Waals surface area contributed by atoms with Gasteiger partial charge in [-0.05, 0) is 26.3 Å². The van der Waals surface area contributed by atoms with Crippen LogP contribution in [-0.2, 0) is 7.05 Å². The summed E-state index contributed by atoms with van der Waals surface area (Å²) < 4.78 is 1.77. The molecule has 1 rings (SSSR count).